The summed E-state index contributed by atoms with van der Waals surface area (Å²) in [4.78, 5) is 21.8. The van der Waals surface area contributed by atoms with E-state index in [2.05, 4.69) is 21.4 Å². The van der Waals surface area contributed by atoms with Crippen molar-refractivity contribution in [2.24, 2.45) is 0 Å². The third kappa shape index (κ3) is 2.83. The van der Waals surface area contributed by atoms with Gasteiger partial charge in [-0.2, -0.15) is 0 Å². The van der Waals surface area contributed by atoms with Gasteiger partial charge in [-0.3, -0.25) is 9.78 Å². The minimum absolute atomic E-state index is 0.181. The van der Waals surface area contributed by atoms with Gasteiger partial charge < -0.3 is 5.32 Å². The van der Waals surface area contributed by atoms with Gasteiger partial charge in [-0.25, -0.2) is 4.98 Å². The van der Waals surface area contributed by atoms with Crippen molar-refractivity contribution in [2.75, 3.05) is 6.54 Å². The summed E-state index contributed by atoms with van der Waals surface area (Å²) in [7, 11) is 0. The summed E-state index contributed by atoms with van der Waals surface area (Å²) >= 11 is 1.69. The van der Waals surface area contributed by atoms with Gasteiger partial charge in [0.05, 0.1) is 17.2 Å². The molecule has 100 valence electrons. The Labute approximate surface area is 120 Å². The number of rotatable bonds is 4. The van der Waals surface area contributed by atoms with Gasteiger partial charge in [-0.05, 0) is 30.0 Å². The van der Waals surface area contributed by atoms with E-state index < -0.39 is 0 Å². The number of hydrogen-bond donors (Lipinski definition) is 1. The van der Waals surface area contributed by atoms with Gasteiger partial charge >= 0.3 is 0 Å². The maximum Gasteiger partial charge on any atom is 0.271 e. The molecule has 0 saturated carbocycles. The Morgan fingerprint density at radius 3 is 2.80 bits per heavy atom. The first-order chi connectivity index (χ1) is 9.83. The second-order valence-electron chi connectivity index (χ2n) is 4.33. The molecule has 0 radical (unpaired) electrons. The zero-order valence-corrected chi connectivity index (χ0v) is 11.6. The fraction of sp³-hybridized carbons (Fsp3) is 0.133. The van der Waals surface area contributed by atoms with Crippen LogP contribution in [0.15, 0.2) is 48.0 Å². The maximum atomic E-state index is 12.0. The van der Waals surface area contributed by atoms with Crippen molar-refractivity contribution in [1.29, 1.82) is 0 Å². The van der Waals surface area contributed by atoms with E-state index in [-0.39, 0.29) is 5.91 Å². The first-order valence-electron chi connectivity index (χ1n) is 6.35. The predicted octanol–water partition coefficient (Wildman–Crippen LogP) is 2.66. The lowest BCUT2D eigenvalue weighted by molar-refractivity contribution is 0.0949. The lowest BCUT2D eigenvalue weighted by atomic mass is 10.3. The van der Waals surface area contributed by atoms with E-state index in [1.165, 1.54) is 11.1 Å². The molecule has 3 aromatic rings. The number of carbonyl (C=O) groups is 1. The Hall–Kier alpha value is -2.27. The van der Waals surface area contributed by atoms with Crippen molar-refractivity contribution in [1.82, 2.24) is 15.3 Å². The first-order valence-corrected chi connectivity index (χ1v) is 7.23. The van der Waals surface area contributed by atoms with Crippen LogP contribution >= 0.6 is 11.3 Å². The highest BCUT2D eigenvalue weighted by molar-refractivity contribution is 7.09. The number of benzene rings is 1. The first kappa shape index (κ1) is 12.7. The topological polar surface area (TPSA) is 54.9 Å². The number of nitrogens with zero attached hydrogens (tertiary/aromatic N) is 2. The average Bonchev–Trinajstić information content (AvgIpc) is 3.00. The SMILES string of the molecule is O=C(NCCc1cccs1)c1cnc2ccccc2n1. The number of carbonyl (C=O) groups excluding carboxylic acids is 1. The smallest absolute Gasteiger partial charge is 0.271 e. The second kappa shape index (κ2) is 5.79. The van der Waals surface area contributed by atoms with E-state index in [4.69, 9.17) is 0 Å². The van der Waals surface area contributed by atoms with Crippen molar-refractivity contribution in [3.8, 4) is 0 Å². The van der Waals surface area contributed by atoms with Crippen molar-refractivity contribution < 1.29 is 4.79 Å². The molecule has 1 N–H and O–H groups in total. The Morgan fingerprint density at radius 2 is 2.00 bits per heavy atom. The summed E-state index contributed by atoms with van der Waals surface area (Å²) in [6.45, 7) is 0.605. The molecule has 2 aromatic heterocycles. The molecule has 2 heterocycles. The molecule has 0 spiro atoms. The van der Waals surface area contributed by atoms with Gasteiger partial charge in [0.15, 0.2) is 0 Å². The van der Waals surface area contributed by atoms with Crippen LogP contribution in [0.2, 0.25) is 0 Å². The monoisotopic (exact) mass is 283 g/mol. The molecule has 1 amide bonds. The molecule has 0 saturated heterocycles. The fourth-order valence-corrected chi connectivity index (χ4v) is 2.62. The summed E-state index contributed by atoms with van der Waals surface area (Å²) in [5.74, 6) is -0.181. The molecule has 20 heavy (non-hydrogen) atoms. The summed E-state index contributed by atoms with van der Waals surface area (Å²) in [5.41, 5.74) is 1.89. The molecule has 0 aliphatic carbocycles. The lowest BCUT2D eigenvalue weighted by Gasteiger charge is -2.04. The second-order valence-corrected chi connectivity index (χ2v) is 5.36. The molecule has 4 nitrogen and oxygen atoms in total. The Bertz CT molecular complexity index is 725. The van der Waals surface area contributed by atoms with Crippen molar-refractivity contribution in [3.63, 3.8) is 0 Å². The van der Waals surface area contributed by atoms with E-state index in [1.54, 1.807) is 11.3 Å². The Balaban J connectivity index is 1.66. The summed E-state index contributed by atoms with van der Waals surface area (Å²) in [5, 5.41) is 4.90. The highest BCUT2D eigenvalue weighted by Crippen LogP contribution is 2.09. The standard InChI is InChI=1S/C15H13N3OS/c19-15(16-8-7-11-4-3-9-20-11)14-10-17-12-5-1-2-6-13(12)18-14/h1-6,9-10H,7-8H2,(H,16,19). The van der Waals surface area contributed by atoms with Crippen molar-refractivity contribution >= 4 is 28.3 Å². The molecule has 1 aromatic carbocycles. The van der Waals surface area contributed by atoms with Crippen molar-refractivity contribution in [3.05, 3.63) is 58.5 Å². The zero-order chi connectivity index (χ0) is 13.8. The van der Waals surface area contributed by atoms with E-state index in [0.29, 0.717) is 12.2 Å². The third-order valence-corrected chi connectivity index (χ3v) is 3.85. The molecule has 5 heteroatoms. The van der Waals surface area contributed by atoms with Crippen LogP contribution in [0.1, 0.15) is 15.4 Å². The maximum absolute atomic E-state index is 12.0. The fourth-order valence-electron chi connectivity index (χ4n) is 1.91. The number of aromatic nitrogens is 2. The number of fused-ring (bicyclic) bond motifs is 1. The van der Waals surface area contributed by atoms with Crippen LogP contribution in [0, 0.1) is 0 Å². The summed E-state index contributed by atoms with van der Waals surface area (Å²) < 4.78 is 0. The minimum Gasteiger partial charge on any atom is -0.350 e. The number of hydrogen-bond acceptors (Lipinski definition) is 4. The van der Waals surface area contributed by atoms with Crippen LogP contribution in [0.25, 0.3) is 11.0 Å². The van der Waals surface area contributed by atoms with Crippen LogP contribution in [-0.2, 0) is 6.42 Å². The van der Waals surface area contributed by atoms with Gasteiger partial charge in [-0.1, -0.05) is 18.2 Å². The molecule has 0 unspecified atom stereocenters. The molecule has 0 aliphatic rings. The van der Waals surface area contributed by atoms with Gasteiger partial charge in [-0.15, -0.1) is 11.3 Å². The van der Waals surface area contributed by atoms with Crippen LogP contribution in [0.3, 0.4) is 0 Å². The molecular weight excluding hydrogens is 270 g/mol. The molecule has 0 bridgehead atoms. The summed E-state index contributed by atoms with van der Waals surface area (Å²) in [6.07, 6.45) is 2.35. The quantitative estimate of drug-likeness (QED) is 0.801. The highest BCUT2D eigenvalue weighted by atomic mass is 32.1. The summed E-state index contributed by atoms with van der Waals surface area (Å²) in [6, 6.07) is 11.6. The van der Waals surface area contributed by atoms with Gasteiger partial charge in [0, 0.05) is 11.4 Å². The number of para-hydroxylation sites is 2. The molecular formula is C15H13N3OS. The van der Waals surface area contributed by atoms with E-state index in [1.807, 2.05) is 35.7 Å². The highest BCUT2D eigenvalue weighted by Gasteiger charge is 2.08. The van der Waals surface area contributed by atoms with Crippen LogP contribution in [0.4, 0.5) is 0 Å². The number of amides is 1. The molecule has 0 atom stereocenters. The van der Waals surface area contributed by atoms with E-state index >= 15 is 0 Å². The molecule has 3 rings (SSSR count). The Morgan fingerprint density at radius 1 is 1.15 bits per heavy atom. The van der Waals surface area contributed by atoms with Gasteiger partial charge in [0.1, 0.15) is 5.69 Å². The van der Waals surface area contributed by atoms with Crippen LogP contribution < -0.4 is 5.32 Å². The third-order valence-electron chi connectivity index (χ3n) is 2.92. The van der Waals surface area contributed by atoms with Crippen molar-refractivity contribution in [2.45, 2.75) is 6.42 Å². The normalized spacial score (nSPS) is 10.6. The van der Waals surface area contributed by atoms with Gasteiger partial charge in [0.25, 0.3) is 5.91 Å². The predicted molar refractivity (Wildman–Crippen MR) is 79.9 cm³/mol. The largest absolute Gasteiger partial charge is 0.350 e. The number of nitrogens with one attached hydrogen (secondary N) is 1. The van der Waals surface area contributed by atoms with Crippen LogP contribution in [0.5, 0.6) is 0 Å². The van der Waals surface area contributed by atoms with Gasteiger partial charge in [0.2, 0.25) is 0 Å². The molecule has 0 fully saturated rings. The van der Waals surface area contributed by atoms with Crippen LogP contribution in [-0.4, -0.2) is 22.4 Å². The minimum atomic E-state index is -0.181. The van der Waals surface area contributed by atoms with E-state index in [9.17, 15) is 4.79 Å². The lowest BCUT2D eigenvalue weighted by Crippen LogP contribution is -2.26. The number of thiophene rings is 1. The van der Waals surface area contributed by atoms with E-state index in [0.717, 1.165) is 17.5 Å². The Kier molecular flexibility index (Phi) is 3.69. The molecule has 0 aliphatic heterocycles. The zero-order valence-electron chi connectivity index (χ0n) is 10.7. The average molecular weight is 283 g/mol.